The molecule has 1 heterocycles. The van der Waals surface area contributed by atoms with E-state index in [4.69, 9.17) is 0 Å². The number of hydrogen-bond donors (Lipinski definition) is 0. The van der Waals surface area contributed by atoms with Crippen molar-refractivity contribution in [2.75, 3.05) is 0 Å². The molecule has 1 aliphatic carbocycles. The van der Waals surface area contributed by atoms with Crippen molar-refractivity contribution in [3.63, 3.8) is 0 Å². The number of nitrogens with zero attached hydrogens (tertiary/aromatic N) is 2. The van der Waals surface area contributed by atoms with E-state index >= 15 is 0 Å². The molecule has 0 saturated heterocycles. The Morgan fingerprint density at radius 2 is 1.92 bits per heavy atom. The van der Waals surface area contributed by atoms with Gasteiger partial charge < -0.3 is 0 Å². The number of hydrogen-bond acceptors (Lipinski definition) is 3. The fraction of sp³-hybridized carbons (Fsp3) is 0. The third-order valence-electron chi connectivity index (χ3n) is 1.58. The lowest BCUT2D eigenvalue weighted by Crippen LogP contribution is -2.09. The molecule has 3 nitrogen and oxygen atoms in total. The molecule has 3 heteroatoms. The minimum atomic E-state index is -0.436. The van der Waals surface area contributed by atoms with Crippen LogP contribution in [0.2, 0.25) is 0 Å². The molecule has 0 spiro atoms. The van der Waals surface area contributed by atoms with E-state index in [0.29, 0.717) is 5.69 Å². The molecule has 0 radical (unpaired) electrons. The summed E-state index contributed by atoms with van der Waals surface area (Å²) in [5.41, 5.74) is 1.12. The third-order valence-corrected chi connectivity index (χ3v) is 1.58. The largest absolute Gasteiger partial charge is 0.367 e. The first kappa shape index (κ1) is 6.91. The van der Waals surface area contributed by atoms with Gasteiger partial charge >= 0.3 is 5.69 Å². The first-order chi connectivity index (χ1) is 5.86. The zero-order chi connectivity index (χ0) is 8.39. The Bertz CT molecular complexity index is 428. The first-order valence-corrected chi connectivity index (χ1v) is 3.58. The van der Waals surface area contributed by atoms with E-state index in [1.54, 1.807) is 6.07 Å². The summed E-state index contributed by atoms with van der Waals surface area (Å²) in [7, 11) is 0. The summed E-state index contributed by atoms with van der Waals surface area (Å²) in [5.74, 6) is 0. The maximum absolute atomic E-state index is 10.8. The molecule has 0 fully saturated rings. The van der Waals surface area contributed by atoms with Gasteiger partial charge in [-0.25, -0.2) is 4.79 Å². The Hall–Kier alpha value is -1.77. The molecule has 2 aliphatic rings. The maximum Gasteiger partial charge on any atom is 0.367 e. The highest BCUT2D eigenvalue weighted by Crippen LogP contribution is 2.12. The normalized spacial score (nSPS) is 10.0. The van der Waals surface area contributed by atoms with Gasteiger partial charge in [-0.05, 0) is 6.07 Å². The van der Waals surface area contributed by atoms with Crippen LogP contribution in [0.3, 0.4) is 0 Å². The van der Waals surface area contributed by atoms with Gasteiger partial charge in [-0.15, -0.1) is 0 Å². The van der Waals surface area contributed by atoms with Crippen LogP contribution < -0.4 is 5.69 Å². The summed E-state index contributed by atoms with van der Waals surface area (Å²) in [5, 5.41) is 0. The summed E-state index contributed by atoms with van der Waals surface area (Å²) in [6, 6.07) is 9.27. The first-order valence-electron chi connectivity index (χ1n) is 3.58. The van der Waals surface area contributed by atoms with Crippen LogP contribution in [-0.2, 0) is 0 Å². The van der Waals surface area contributed by atoms with Gasteiger partial charge in [0.1, 0.15) is 0 Å². The molecule has 12 heavy (non-hydrogen) atoms. The van der Waals surface area contributed by atoms with E-state index in [-0.39, 0.29) is 0 Å². The predicted molar refractivity (Wildman–Crippen MR) is 44.9 cm³/mol. The van der Waals surface area contributed by atoms with Crippen LogP contribution in [0.25, 0.3) is 11.3 Å². The Morgan fingerprint density at radius 3 is 2.83 bits per heavy atom. The third kappa shape index (κ3) is 1.16. The molecular weight excluding hydrogens is 152 g/mol. The number of fused-ring (bicyclic) bond motifs is 1. The lowest BCUT2D eigenvalue weighted by atomic mass is 10.2. The maximum atomic E-state index is 10.8. The van der Waals surface area contributed by atoms with E-state index in [1.807, 2.05) is 24.3 Å². The second kappa shape index (κ2) is 2.70. The summed E-state index contributed by atoms with van der Waals surface area (Å²) in [6.07, 6.45) is 1.53. The van der Waals surface area contributed by atoms with Gasteiger partial charge in [0.25, 0.3) is 0 Å². The van der Waals surface area contributed by atoms with E-state index in [1.165, 1.54) is 6.20 Å². The standard InChI is InChI=1S/C9H6N2O/c12-9-10-6-7-4-2-1-3-5-8(7)11-9/h1-6H. The smallest absolute Gasteiger partial charge is 0.244 e. The second-order valence-electron chi connectivity index (χ2n) is 2.40. The lowest BCUT2D eigenvalue weighted by molar-refractivity contribution is 1.08. The van der Waals surface area contributed by atoms with Crippen molar-refractivity contribution in [3.8, 4) is 11.3 Å². The molecule has 2 rings (SSSR count). The van der Waals surface area contributed by atoms with Gasteiger partial charge in [-0.3, -0.25) is 0 Å². The van der Waals surface area contributed by atoms with Gasteiger partial charge in [-0.2, -0.15) is 9.97 Å². The number of aromatic nitrogens is 2. The summed E-state index contributed by atoms with van der Waals surface area (Å²) in [6.45, 7) is 0. The molecule has 0 aromatic heterocycles. The van der Waals surface area contributed by atoms with Crippen molar-refractivity contribution < 1.29 is 0 Å². The minimum Gasteiger partial charge on any atom is -0.244 e. The van der Waals surface area contributed by atoms with Gasteiger partial charge in [0.2, 0.25) is 0 Å². The molecule has 0 bridgehead atoms. The Balaban J connectivity index is 2.82. The second-order valence-corrected chi connectivity index (χ2v) is 2.40. The van der Waals surface area contributed by atoms with Crippen molar-refractivity contribution in [2.24, 2.45) is 0 Å². The average Bonchev–Trinajstić information content (AvgIpc) is 2.28. The molecule has 0 amide bonds. The lowest BCUT2D eigenvalue weighted by Gasteiger charge is -1.93. The number of rotatable bonds is 0. The van der Waals surface area contributed by atoms with Crippen LogP contribution in [0.5, 0.6) is 0 Å². The molecule has 0 N–H and O–H groups in total. The summed E-state index contributed by atoms with van der Waals surface area (Å²) < 4.78 is 0. The average molecular weight is 158 g/mol. The van der Waals surface area contributed by atoms with Gasteiger partial charge in [-0.1, -0.05) is 24.3 Å². The van der Waals surface area contributed by atoms with Crippen molar-refractivity contribution in [1.29, 1.82) is 0 Å². The van der Waals surface area contributed by atoms with Gasteiger partial charge in [0.15, 0.2) is 0 Å². The minimum absolute atomic E-state index is 0.436. The Morgan fingerprint density at radius 1 is 1.08 bits per heavy atom. The van der Waals surface area contributed by atoms with E-state index in [0.717, 1.165) is 5.56 Å². The van der Waals surface area contributed by atoms with Crippen LogP contribution in [0, 0.1) is 0 Å². The Kier molecular flexibility index (Phi) is 1.55. The molecule has 0 saturated carbocycles. The molecule has 0 aromatic carbocycles. The Labute approximate surface area is 69.1 Å². The monoisotopic (exact) mass is 158 g/mol. The highest BCUT2D eigenvalue weighted by molar-refractivity contribution is 5.57. The highest BCUT2D eigenvalue weighted by atomic mass is 16.1. The van der Waals surface area contributed by atoms with Crippen LogP contribution in [-0.4, -0.2) is 9.97 Å². The van der Waals surface area contributed by atoms with Crippen LogP contribution in [0.1, 0.15) is 0 Å². The molecule has 0 aromatic rings. The zero-order valence-corrected chi connectivity index (χ0v) is 6.27. The fourth-order valence-electron chi connectivity index (χ4n) is 1.02. The van der Waals surface area contributed by atoms with Gasteiger partial charge in [0.05, 0.1) is 5.69 Å². The molecule has 0 atom stereocenters. The van der Waals surface area contributed by atoms with Crippen LogP contribution in [0.15, 0.2) is 41.3 Å². The summed E-state index contributed by atoms with van der Waals surface area (Å²) >= 11 is 0. The highest BCUT2D eigenvalue weighted by Gasteiger charge is 1.99. The molecule has 58 valence electrons. The van der Waals surface area contributed by atoms with Crippen molar-refractivity contribution in [3.05, 3.63) is 47.0 Å². The fourth-order valence-corrected chi connectivity index (χ4v) is 1.02. The van der Waals surface area contributed by atoms with Crippen molar-refractivity contribution in [1.82, 2.24) is 9.97 Å². The van der Waals surface area contributed by atoms with E-state index in [9.17, 15) is 4.79 Å². The van der Waals surface area contributed by atoms with E-state index in [2.05, 4.69) is 9.97 Å². The van der Waals surface area contributed by atoms with E-state index < -0.39 is 5.69 Å². The summed E-state index contributed by atoms with van der Waals surface area (Å²) in [4.78, 5) is 18.1. The molecule has 1 aliphatic heterocycles. The molecular formula is C9H6N2O. The predicted octanol–water partition coefficient (Wildman–Crippen LogP) is 0.942. The topological polar surface area (TPSA) is 42.9 Å². The van der Waals surface area contributed by atoms with Crippen molar-refractivity contribution >= 4 is 0 Å². The quantitative estimate of drug-likeness (QED) is 0.573. The molecule has 0 unspecified atom stereocenters. The SMILES string of the molecule is O=c1ncc2cccccc-2n1. The van der Waals surface area contributed by atoms with Crippen molar-refractivity contribution in [2.45, 2.75) is 0 Å². The van der Waals surface area contributed by atoms with Gasteiger partial charge in [0, 0.05) is 11.8 Å². The zero-order valence-electron chi connectivity index (χ0n) is 6.27. The van der Waals surface area contributed by atoms with Crippen LogP contribution >= 0.6 is 0 Å². The van der Waals surface area contributed by atoms with Crippen LogP contribution in [0.4, 0.5) is 0 Å².